The second-order valence-electron chi connectivity index (χ2n) is 5.61. The molecule has 0 saturated carbocycles. The van der Waals surface area contributed by atoms with E-state index in [1.165, 1.54) is 51.4 Å². The van der Waals surface area contributed by atoms with Crippen molar-refractivity contribution in [3.63, 3.8) is 0 Å². The molecule has 0 bridgehead atoms. The molecule has 0 aromatic rings. The van der Waals surface area contributed by atoms with Gasteiger partial charge in [-0.1, -0.05) is 45.4 Å². The van der Waals surface area contributed by atoms with E-state index in [-0.39, 0.29) is 23.2 Å². The highest BCUT2D eigenvalue weighted by atomic mass is 79.9. The van der Waals surface area contributed by atoms with Crippen LogP contribution in [0.3, 0.4) is 0 Å². The lowest BCUT2D eigenvalue weighted by molar-refractivity contribution is -0.934. The highest BCUT2D eigenvalue weighted by Gasteiger charge is 2.19. The molecule has 0 fully saturated rings. The van der Waals surface area contributed by atoms with Gasteiger partial charge >= 0.3 is 0 Å². The van der Waals surface area contributed by atoms with Crippen LogP contribution in [0.4, 0.5) is 0 Å². The monoisotopic (exact) mass is 309 g/mol. The largest absolute Gasteiger partial charge is 1.00 e. The minimum Gasteiger partial charge on any atom is -1.00 e. The Balaban J connectivity index is 0. The molecule has 0 aromatic carbocycles. The first kappa shape index (κ1) is 19.7. The van der Waals surface area contributed by atoms with Gasteiger partial charge in [0.15, 0.2) is 6.23 Å². The van der Waals surface area contributed by atoms with Crippen molar-refractivity contribution in [3.05, 3.63) is 0 Å². The molecule has 106 valence electrons. The van der Waals surface area contributed by atoms with E-state index in [0.717, 1.165) is 11.0 Å². The maximum atomic E-state index is 9.55. The van der Waals surface area contributed by atoms with Gasteiger partial charge in [0.05, 0.1) is 20.6 Å². The van der Waals surface area contributed by atoms with E-state index in [0.29, 0.717) is 0 Å². The number of hydrogen-bond acceptors (Lipinski definition) is 1. The van der Waals surface area contributed by atoms with Gasteiger partial charge in [-0.2, -0.15) is 0 Å². The summed E-state index contributed by atoms with van der Waals surface area (Å²) < 4.78 is 0.732. The Labute approximate surface area is 119 Å². The summed E-state index contributed by atoms with van der Waals surface area (Å²) in [4.78, 5) is 0. The van der Waals surface area contributed by atoms with Crippen LogP contribution in [0.2, 0.25) is 0 Å². The highest BCUT2D eigenvalue weighted by molar-refractivity contribution is 4.46. The fourth-order valence-electron chi connectivity index (χ4n) is 1.84. The summed E-state index contributed by atoms with van der Waals surface area (Å²) >= 11 is 0. The van der Waals surface area contributed by atoms with E-state index in [1.807, 2.05) is 6.92 Å². The van der Waals surface area contributed by atoms with Crippen LogP contribution in [-0.2, 0) is 0 Å². The molecule has 1 unspecified atom stereocenters. The first-order chi connectivity index (χ1) is 7.50. The van der Waals surface area contributed by atoms with Gasteiger partial charge in [-0.05, 0) is 12.8 Å². The van der Waals surface area contributed by atoms with E-state index in [9.17, 15) is 5.11 Å². The molecule has 0 aliphatic heterocycles. The molecule has 2 nitrogen and oxygen atoms in total. The maximum absolute atomic E-state index is 9.55. The predicted molar refractivity (Wildman–Crippen MR) is 71.3 cm³/mol. The van der Waals surface area contributed by atoms with Crippen LogP contribution in [-0.4, -0.2) is 36.5 Å². The van der Waals surface area contributed by atoms with Crippen molar-refractivity contribution < 1.29 is 26.6 Å². The van der Waals surface area contributed by atoms with Crippen LogP contribution in [0.1, 0.15) is 65.2 Å². The lowest BCUT2D eigenvalue weighted by atomic mass is 10.1. The molecule has 0 spiro atoms. The van der Waals surface area contributed by atoms with E-state index in [4.69, 9.17) is 0 Å². The van der Waals surface area contributed by atoms with Crippen molar-refractivity contribution in [2.24, 2.45) is 0 Å². The van der Waals surface area contributed by atoms with Crippen molar-refractivity contribution in [1.29, 1.82) is 0 Å². The summed E-state index contributed by atoms with van der Waals surface area (Å²) in [7, 11) is 4.21. The number of nitrogens with zero attached hydrogens (tertiary/aromatic N) is 1. The van der Waals surface area contributed by atoms with Gasteiger partial charge in [-0.3, -0.25) is 0 Å². The van der Waals surface area contributed by atoms with Gasteiger partial charge in [-0.15, -0.1) is 0 Å². The van der Waals surface area contributed by atoms with Crippen molar-refractivity contribution in [2.45, 2.75) is 71.4 Å². The van der Waals surface area contributed by atoms with Gasteiger partial charge in [0.1, 0.15) is 0 Å². The van der Waals surface area contributed by atoms with Crippen LogP contribution in [0.5, 0.6) is 0 Å². The third-order valence-electron chi connectivity index (χ3n) is 3.60. The number of hydrogen-bond donors (Lipinski definition) is 1. The molecule has 0 rings (SSSR count). The van der Waals surface area contributed by atoms with Crippen molar-refractivity contribution >= 4 is 0 Å². The SMILES string of the molecule is CCCCCCCCCC[N+](C)(C)C(C)O.[Br-]. The Morgan fingerprint density at radius 2 is 1.29 bits per heavy atom. The average Bonchev–Trinajstić information content (AvgIpc) is 2.21. The zero-order chi connectivity index (χ0) is 12.4. The van der Waals surface area contributed by atoms with E-state index in [1.54, 1.807) is 0 Å². The third-order valence-corrected chi connectivity index (χ3v) is 3.60. The lowest BCUT2D eigenvalue weighted by Crippen LogP contribution is -3.00. The minimum absolute atomic E-state index is 0. The summed E-state index contributed by atoms with van der Waals surface area (Å²) in [6.45, 7) is 5.23. The zero-order valence-electron chi connectivity index (χ0n) is 12.2. The molecule has 0 aliphatic carbocycles. The molecule has 1 atom stereocenters. The van der Waals surface area contributed by atoms with Crippen molar-refractivity contribution in [2.75, 3.05) is 20.6 Å². The van der Waals surface area contributed by atoms with Gasteiger partial charge in [-0.25, -0.2) is 0 Å². The van der Waals surface area contributed by atoms with E-state index >= 15 is 0 Å². The summed E-state index contributed by atoms with van der Waals surface area (Å²) in [6.07, 6.45) is 10.6. The van der Waals surface area contributed by atoms with Gasteiger partial charge in [0.25, 0.3) is 0 Å². The summed E-state index contributed by atoms with van der Waals surface area (Å²) in [5, 5.41) is 9.55. The van der Waals surface area contributed by atoms with Crippen LogP contribution < -0.4 is 17.0 Å². The van der Waals surface area contributed by atoms with E-state index in [2.05, 4.69) is 21.0 Å². The van der Waals surface area contributed by atoms with Crippen LogP contribution >= 0.6 is 0 Å². The van der Waals surface area contributed by atoms with Gasteiger partial charge < -0.3 is 26.6 Å². The first-order valence-electron chi connectivity index (χ1n) is 7.01. The number of halogens is 1. The quantitative estimate of drug-likeness (QED) is 0.355. The highest BCUT2D eigenvalue weighted by Crippen LogP contribution is 2.11. The third kappa shape index (κ3) is 11.2. The predicted octanol–water partition coefficient (Wildman–Crippen LogP) is 0.546. The van der Waals surface area contributed by atoms with Crippen LogP contribution in [0.25, 0.3) is 0 Å². The molecule has 0 radical (unpaired) electrons. The fraction of sp³-hybridized carbons (Fsp3) is 1.00. The first-order valence-corrected chi connectivity index (χ1v) is 7.01. The zero-order valence-corrected chi connectivity index (χ0v) is 13.8. The minimum atomic E-state index is -0.246. The molecule has 0 heterocycles. The Morgan fingerprint density at radius 3 is 1.71 bits per heavy atom. The van der Waals surface area contributed by atoms with Crippen molar-refractivity contribution in [3.8, 4) is 0 Å². The fourth-order valence-corrected chi connectivity index (χ4v) is 1.84. The lowest BCUT2D eigenvalue weighted by Gasteiger charge is -2.32. The second-order valence-corrected chi connectivity index (χ2v) is 5.61. The molecular weight excluding hydrogens is 278 g/mol. The summed E-state index contributed by atoms with van der Waals surface area (Å²) in [5.74, 6) is 0. The number of aliphatic hydroxyl groups excluding tert-OH is 1. The number of quaternary nitrogens is 1. The normalized spacial score (nSPS) is 13.2. The Bertz CT molecular complexity index is 160. The Hall–Kier alpha value is 0.400. The number of rotatable bonds is 10. The van der Waals surface area contributed by atoms with Crippen molar-refractivity contribution in [1.82, 2.24) is 0 Å². The standard InChI is InChI=1S/C14H32NO.BrH/c1-5-6-7-8-9-10-11-12-13-15(3,4)14(2)16;/h14,16H,5-13H2,1-4H3;1H/q+1;/p-1. The molecule has 1 N–H and O–H groups in total. The molecular formula is C14H32BrNO. The maximum Gasteiger partial charge on any atom is 0.187 e. The van der Waals surface area contributed by atoms with Gasteiger partial charge in [0, 0.05) is 6.92 Å². The molecule has 3 heteroatoms. The summed E-state index contributed by atoms with van der Waals surface area (Å²) in [6, 6.07) is 0. The molecule has 0 aromatic heterocycles. The van der Waals surface area contributed by atoms with E-state index < -0.39 is 0 Å². The molecule has 0 saturated heterocycles. The molecule has 0 aliphatic rings. The molecule has 0 amide bonds. The van der Waals surface area contributed by atoms with Crippen LogP contribution in [0, 0.1) is 0 Å². The van der Waals surface area contributed by atoms with Crippen LogP contribution in [0.15, 0.2) is 0 Å². The smallest absolute Gasteiger partial charge is 0.187 e. The topological polar surface area (TPSA) is 20.2 Å². The number of aliphatic hydroxyl groups is 1. The number of unbranched alkanes of at least 4 members (excludes halogenated alkanes) is 7. The summed E-state index contributed by atoms with van der Waals surface area (Å²) in [5.41, 5.74) is 0. The van der Waals surface area contributed by atoms with Gasteiger partial charge in [0.2, 0.25) is 0 Å². The Kier molecular flexibility index (Phi) is 13.3. The molecule has 17 heavy (non-hydrogen) atoms. The second kappa shape index (κ2) is 11.5. The Morgan fingerprint density at radius 1 is 0.882 bits per heavy atom. The average molecular weight is 310 g/mol.